The quantitative estimate of drug-likeness (QED) is 0.718. The highest BCUT2D eigenvalue weighted by Crippen LogP contribution is 2.49. The molecular formula is C9H13ClN2S. The van der Waals surface area contributed by atoms with E-state index in [1.165, 1.54) is 30.8 Å². The van der Waals surface area contributed by atoms with Crippen LogP contribution in [0.2, 0.25) is 5.28 Å². The maximum atomic E-state index is 5.72. The van der Waals surface area contributed by atoms with Gasteiger partial charge in [0.1, 0.15) is 5.01 Å². The Morgan fingerprint density at radius 3 is 2.77 bits per heavy atom. The molecule has 1 unspecified atom stereocenters. The minimum Gasteiger partial charge on any atom is -0.209 e. The van der Waals surface area contributed by atoms with Gasteiger partial charge in [0.05, 0.1) is 0 Å². The lowest BCUT2D eigenvalue weighted by molar-refractivity contribution is 0.331. The summed E-state index contributed by atoms with van der Waals surface area (Å²) >= 11 is 7.18. The molecule has 2 rings (SSSR count). The number of nitrogens with zero attached hydrogens (tertiary/aromatic N) is 2. The third-order valence-electron chi connectivity index (χ3n) is 2.97. The molecule has 1 aromatic heterocycles. The maximum absolute atomic E-state index is 5.72. The van der Waals surface area contributed by atoms with E-state index in [4.69, 9.17) is 11.6 Å². The van der Waals surface area contributed by atoms with Crippen molar-refractivity contribution in [3.8, 4) is 0 Å². The van der Waals surface area contributed by atoms with Gasteiger partial charge in [-0.2, -0.15) is 4.37 Å². The van der Waals surface area contributed by atoms with Crippen LogP contribution in [-0.4, -0.2) is 9.36 Å². The molecule has 0 spiro atoms. The van der Waals surface area contributed by atoms with E-state index in [0.29, 0.717) is 16.6 Å². The lowest BCUT2D eigenvalue weighted by Crippen LogP contribution is -2.15. The number of aromatic nitrogens is 2. The van der Waals surface area contributed by atoms with Gasteiger partial charge in [0.2, 0.25) is 5.28 Å². The van der Waals surface area contributed by atoms with Crippen molar-refractivity contribution < 1.29 is 0 Å². The van der Waals surface area contributed by atoms with Gasteiger partial charge in [0, 0.05) is 5.92 Å². The topological polar surface area (TPSA) is 25.8 Å². The Hall–Kier alpha value is -0.150. The van der Waals surface area contributed by atoms with Crippen LogP contribution in [0, 0.1) is 5.41 Å². The van der Waals surface area contributed by atoms with Gasteiger partial charge >= 0.3 is 0 Å². The Morgan fingerprint density at radius 2 is 2.31 bits per heavy atom. The van der Waals surface area contributed by atoms with E-state index in [1.807, 2.05) is 0 Å². The molecule has 0 amide bonds. The predicted octanol–water partition coefficient (Wildman–Crippen LogP) is 3.49. The average molecular weight is 217 g/mol. The summed E-state index contributed by atoms with van der Waals surface area (Å²) in [7, 11) is 0. The monoisotopic (exact) mass is 216 g/mol. The first-order valence-electron chi connectivity index (χ1n) is 4.59. The molecule has 1 heterocycles. The molecule has 0 radical (unpaired) electrons. The van der Waals surface area contributed by atoms with E-state index in [2.05, 4.69) is 23.2 Å². The van der Waals surface area contributed by atoms with Gasteiger partial charge in [-0.1, -0.05) is 20.3 Å². The maximum Gasteiger partial charge on any atom is 0.234 e. The van der Waals surface area contributed by atoms with Crippen molar-refractivity contribution in [1.82, 2.24) is 9.36 Å². The van der Waals surface area contributed by atoms with E-state index in [-0.39, 0.29) is 0 Å². The summed E-state index contributed by atoms with van der Waals surface area (Å²) < 4.78 is 4.02. The minimum atomic E-state index is 0.378. The third kappa shape index (κ3) is 1.72. The van der Waals surface area contributed by atoms with Crippen LogP contribution in [0.5, 0.6) is 0 Å². The summed E-state index contributed by atoms with van der Waals surface area (Å²) in [4.78, 5) is 4.26. The molecule has 1 aromatic rings. The second-order valence-electron chi connectivity index (χ2n) is 4.34. The highest BCUT2D eigenvalue weighted by molar-refractivity contribution is 7.05. The molecule has 1 fully saturated rings. The Bertz CT molecular complexity index is 308. The highest BCUT2D eigenvalue weighted by atomic mass is 35.5. The van der Waals surface area contributed by atoms with Crippen molar-refractivity contribution >= 4 is 23.1 Å². The third-order valence-corrected chi connectivity index (χ3v) is 4.07. The molecule has 1 aliphatic rings. The second-order valence-corrected chi connectivity index (χ2v) is 5.46. The van der Waals surface area contributed by atoms with Gasteiger partial charge in [-0.05, 0) is 41.4 Å². The molecule has 2 nitrogen and oxygen atoms in total. The van der Waals surface area contributed by atoms with Crippen molar-refractivity contribution in [2.75, 3.05) is 0 Å². The Morgan fingerprint density at radius 1 is 1.54 bits per heavy atom. The van der Waals surface area contributed by atoms with E-state index >= 15 is 0 Å². The first-order chi connectivity index (χ1) is 6.09. The molecule has 0 aliphatic heterocycles. The summed E-state index contributed by atoms with van der Waals surface area (Å²) in [6.45, 7) is 4.61. The number of hydrogen-bond acceptors (Lipinski definition) is 3. The summed E-state index contributed by atoms with van der Waals surface area (Å²) in [5.74, 6) is 0.567. The number of rotatable bonds is 1. The van der Waals surface area contributed by atoms with Crippen LogP contribution in [0.4, 0.5) is 0 Å². The fourth-order valence-electron chi connectivity index (χ4n) is 2.14. The smallest absolute Gasteiger partial charge is 0.209 e. The number of hydrogen-bond donors (Lipinski definition) is 0. The molecule has 13 heavy (non-hydrogen) atoms. The summed E-state index contributed by atoms with van der Waals surface area (Å²) in [5.41, 5.74) is 0.378. The Kier molecular flexibility index (Phi) is 2.32. The van der Waals surface area contributed by atoms with E-state index < -0.39 is 0 Å². The minimum absolute atomic E-state index is 0.378. The molecular weight excluding hydrogens is 204 g/mol. The molecule has 0 N–H and O–H groups in total. The van der Waals surface area contributed by atoms with Crippen LogP contribution in [0.25, 0.3) is 0 Å². The van der Waals surface area contributed by atoms with Crippen LogP contribution >= 0.6 is 23.1 Å². The fraction of sp³-hybridized carbons (Fsp3) is 0.778. The van der Waals surface area contributed by atoms with Gasteiger partial charge in [-0.3, -0.25) is 0 Å². The van der Waals surface area contributed by atoms with E-state index in [9.17, 15) is 0 Å². The normalized spacial score (nSPS) is 26.5. The first kappa shape index (κ1) is 9.41. The predicted molar refractivity (Wildman–Crippen MR) is 55.3 cm³/mol. The average Bonchev–Trinajstić information content (AvgIpc) is 2.56. The highest BCUT2D eigenvalue weighted by Gasteiger charge is 2.37. The van der Waals surface area contributed by atoms with Crippen molar-refractivity contribution in [2.45, 2.75) is 39.0 Å². The molecule has 72 valence electrons. The lowest BCUT2D eigenvalue weighted by Gasteiger charge is -2.24. The van der Waals surface area contributed by atoms with Gasteiger partial charge in [-0.15, -0.1) is 0 Å². The standard InChI is InChI=1S/C9H13ClN2S/c1-9(2)5-3-4-6(9)7-11-8(10)12-13-7/h6H,3-5H2,1-2H3. The molecule has 0 saturated heterocycles. The van der Waals surface area contributed by atoms with Crippen molar-refractivity contribution in [3.63, 3.8) is 0 Å². The lowest BCUT2D eigenvalue weighted by atomic mass is 9.82. The van der Waals surface area contributed by atoms with E-state index in [1.54, 1.807) is 0 Å². The zero-order chi connectivity index (χ0) is 9.47. The number of halogens is 1. The zero-order valence-corrected chi connectivity index (χ0v) is 9.45. The van der Waals surface area contributed by atoms with Crippen LogP contribution in [0.3, 0.4) is 0 Å². The summed E-state index contributed by atoms with van der Waals surface area (Å²) in [6.07, 6.45) is 3.82. The first-order valence-corrected chi connectivity index (χ1v) is 5.74. The van der Waals surface area contributed by atoms with Crippen molar-refractivity contribution in [1.29, 1.82) is 0 Å². The fourth-order valence-corrected chi connectivity index (χ4v) is 3.29. The molecule has 1 atom stereocenters. The van der Waals surface area contributed by atoms with Gasteiger partial charge in [-0.25, -0.2) is 4.98 Å². The van der Waals surface area contributed by atoms with Crippen LogP contribution in [0.1, 0.15) is 44.0 Å². The van der Waals surface area contributed by atoms with Crippen LogP contribution in [0.15, 0.2) is 0 Å². The molecule has 0 aromatic carbocycles. The van der Waals surface area contributed by atoms with Crippen molar-refractivity contribution in [2.24, 2.45) is 5.41 Å². The molecule has 4 heteroatoms. The second kappa shape index (κ2) is 3.21. The SMILES string of the molecule is CC1(C)CCCC1c1nc(Cl)ns1. The van der Waals surface area contributed by atoms with E-state index in [0.717, 1.165) is 5.01 Å². The summed E-state index contributed by atoms with van der Waals surface area (Å²) in [5, 5.41) is 1.52. The largest absolute Gasteiger partial charge is 0.234 e. The Balaban J connectivity index is 2.26. The Labute approximate surface area is 87.5 Å². The summed E-state index contributed by atoms with van der Waals surface area (Å²) in [6, 6.07) is 0. The van der Waals surface area contributed by atoms with Crippen LogP contribution in [-0.2, 0) is 0 Å². The van der Waals surface area contributed by atoms with Crippen molar-refractivity contribution in [3.05, 3.63) is 10.3 Å². The van der Waals surface area contributed by atoms with Crippen LogP contribution < -0.4 is 0 Å². The molecule has 1 aliphatic carbocycles. The molecule has 0 bridgehead atoms. The zero-order valence-electron chi connectivity index (χ0n) is 7.88. The molecule has 1 saturated carbocycles. The van der Waals surface area contributed by atoms with Gasteiger partial charge in [0.25, 0.3) is 0 Å². The van der Waals surface area contributed by atoms with Gasteiger partial charge in [0.15, 0.2) is 0 Å². The van der Waals surface area contributed by atoms with Gasteiger partial charge < -0.3 is 0 Å².